The molecule has 2 atom stereocenters. The SMILES string of the molecule is C1=CNc2ccccc2N=C1.CN(C)CCC1C=c2ccccc2=c2ccc3c(c21)C(=O)C(C)(N)C(=O)C=3C1CCCCC1. The van der Waals surface area contributed by atoms with Crippen molar-refractivity contribution in [3.05, 3.63) is 105 Å². The first-order chi connectivity index (χ1) is 21.3. The Morgan fingerprint density at radius 2 is 1.64 bits per heavy atom. The number of para-hydroxylation sites is 2. The maximum Gasteiger partial charge on any atom is 0.191 e. The Morgan fingerprint density at radius 3 is 2.43 bits per heavy atom. The predicted molar refractivity (Wildman–Crippen MR) is 179 cm³/mol. The molecule has 7 rings (SSSR count). The number of rotatable bonds is 4. The first kappa shape index (κ1) is 29.9. The topological polar surface area (TPSA) is 87.8 Å². The van der Waals surface area contributed by atoms with E-state index in [0.717, 1.165) is 76.8 Å². The zero-order chi connectivity index (χ0) is 30.8. The van der Waals surface area contributed by atoms with Crippen LogP contribution in [0.2, 0.25) is 0 Å². The normalized spacial score (nSPS) is 22.0. The smallest absolute Gasteiger partial charge is 0.191 e. The van der Waals surface area contributed by atoms with Gasteiger partial charge in [0.25, 0.3) is 0 Å². The van der Waals surface area contributed by atoms with Crippen molar-refractivity contribution < 1.29 is 9.59 Å². The number of Topliss-reactive ketones (excluding diaryl/α,β-unsaturated/α-hetero) is 2. The Labute approximate surface area is 259 Å². The van der Waals surface area contributed by atoms with Crippen molar-refractivity contribution in [2.75, 3.05) is 26.0 Å². The van der Waals surface area contributed by atoms with E-state index in [1.165, 1.54) is 11.6 Å². The molecule has 0 aromatic heterocycles. The fourth-order valence-corrected chi connectivity index (χ4v) is 7.10. The molecular weight excluding hydrogens is 544 g/mol. The number of allylic oxidation sites excluding steroid dienone is 1. The van der Waals surface area contributed by atoms with Gasteiger partial charge in [0.15, 0.2) is 11.6 Å². The van der Waals surface area contributed by atoms with Crippen molar-refractivity contribution in [3.8, 4) is 0 Å². The van der Waals surface area contributed by atoms with E-state index in [1.807, 2.05) is 48.7 Å². The van der Waals surface area contributed by atoms with Crippen molar-refractivity contribution in [2.24, 2.45) is 16.6 Å². The minimum atomic E-state index is -1.50. The molecule has 3 N–H and O–H groups in total. The molecule has 1 saturated carbocycles. The van der Waals surface area contributed by atoms with Crippen LogP contribution in [0.1, 0.15) is 67.3 Å². The molecule has 226 valence electrons. The lowest BCUT2D eigenvalue weighted by molar-refractivity contribution is -0.117. The largest absolute Gasteiger partial charge is 0.360 e. The van der Waals surface area contributed by atoms with Crippen molar-refractivity contribution in [3.63, 3.8) is 0 Å². The Bertz CT molecular complexity index is 1880. The van der Waals surface area contributed by atoms with Crippen LogP contribution in [0.25, 0.3) is 11.6 Å². The second kappa shape index (κ2) is 12.5. The van der Waals surface area contributed by atoms with Gasteiger partial charge >= 0.3 is 0 Å². The van der Waals surface area contributed by atoms with Gasteiger partial charge in [-0.25, -0.2) is 0 Å². The first-order valence-electron chi connectivity index (χ1n) is 15.8. The van der Waals surface area contributed by atoms with Crippen molar-refractivity contribution in [1.82, 2.24) is 4.90 Å². The molecule has 3 aromatic rings. The summed E-state index contributed by atoms with van der Waals surface area (Å²) < 4.78 is 0. The predicted octanol–water partition coefficient (Wildman–Crippen LogP) is 5.34. The molecule has 4 aliphatic rings. The van der Waals surface area contributed by atoms with Crippen LogP contribution in [0, 0.1) is 16.4 Å². The molecule has 6 heteroatoms. The number of fused-ring (bicyclic) bond motifs is 5. The fourth-order valence-electron chi connectivity index (χ4n) is 7.10. The Hall–Kier alpha value is -4.13. The number of aliphatic imine (C=N–C) groups is 1. The molecule has 44 heavy (non-hydrogen) atoms. The molecule has 1 fully saturated rings. The molecule has 6 nitrogen and oxygen atoms in total. The maximum atomic E-state index is 13.9. The van der Waals surface area contributed by atoms with Crippen LogP contribution < -0.4 is 21.5 Å². The summed E-state index contributed by atoms with van der Waals surface area (Å²) in [5.74, 6) is -0.0923. The molecule has 3 aromatic carbocycles. The average Bonchev–Trinajstić information content (AvgIpc) is 3.29. The standard InChI is InChI=1S/C29H34N2O2.C9H8N2/c1-29(30)27(32)25(18-9-5-4-6-10-18)23-14-13-22-21-12-8-7-11-19(21)17-20(15-16-31(2)3)24(22)26(23)28(29)33;1-2-5-9-8(4-1)10-6-3-7-11-9/h7-8,11-14,17-18,20H,4-6,9-10,15-16,30H2,1-3H3;1-7,10H. The van der Waals surface area contributed by atoms with Crippen LogP contribution in [-0.4, -0.2) is 48.9 Å². The van der Waals surface area contributed by atoms with Crippen LogP contribution in [-0.2, 0) is 4.79 Å². The van der Waals surface area contributed by atoms with Crippen molar-refractivity contribution >= 4 is 40.8 Å². The number of anilines is 1. The van der Waals surface area contributed by atoms with Gasteiger partial charge in [0.05, 0.1) is 11.4 Å². The van der Waals surface area contributed by atoms with E-state index >= 15 is 0 Å². The van der Waals surface area contributed by atoms with Crippen LogP contribution in [0.15, 0.2) is 77.9 Å². The lowest BCUT2D eigenvalue weighted by Gasteiger charge is -2.35. The second-order valence-corrected chi connectivity index (χ2v) is 12.8. The first-order valence-corrected chi connectivity index (χ1v) is 15.8. The molecule has 0 radical (unpaired) electrons. The van der Waals surface area contributed by atoms with E-state index in [2.05, 4.69) is 59.6 Å². The summed E-state index contributed by atoms with van der Waals surface area (Å²) in [7, 11) is 4.15. The van der Waals surface area contributed by atoms with Gasteiger partial charge in [-0.1, -0.05) is 73.9 Å². The molecule has 0 amide bonds. The third-order valence-electron chi connectivity index (χ3n) is 9.39. The van der Waals surface area contributed by atoms with Gasteiger partial charge in [-0.2, -0.15) is 0 Å². The zero-order valence-corrected chi connectivity index (χ0v) is 26.0. The number of ketones is 2. The third-order valence-corrected chi connectivity index (χ3v) is 9.39. The van der Waals surface area contributed by atoms with Crippen LogP contribution in [0.4, 0.5) is 11.4 Å². The lowest BCUT2D eigenvalue weighted by atomic mass is 9.68. The summed E-state index contributed by atoms with van der Waals surface area (Å²) in [6, 6.07) is 20.5. The summed E-state index contributed by atoms with van der Waals surface area (Å²) in [5, 5.41) is 7.44. The highest BCUT2D eigenvalue weighted by Crippen LogP contribution is 2.37. The van der Waals surface area contributed by atoms with E-state index in [0.29, 0.717) is 5.56 Å². The van der Waals surface area contributed by atoms with Crippen LogP contribution in [0.3, 0.4) is 0 Å². The van der Waals surface area contributed by atoms with E-state index in [-0.39, 0.29) is 23.4 Å². The van der Waals surface area contributed by atoms with Gasteiger partial charge in [-0.3, -0.25) is 14.6 Å². The molecular formula is C38H42N4O2. The van der Waals surface area contributed by atoms with Gasteiger partial charge in [-0.15, -0.1) is 0 Å². The second-order valence-electron chi connectivity index (χ2n) is 12.8. The van der Waals surface area contributed by atoms with E-state index < -0.39 is 5.54 Å². The molecule has 1 heterocycles. The molecule has 0 bridgehead atoms. The Kier molecular flexibility index (Phi) is 8.48. The molecule has 1 aliphatic heterocycles. The molecule has 0 spiro atoms. The summed E-state index contributed by atoms with van der Waals surface area (Å²) in [6.07, 6.45) is 14.2. The lowest BCUT2D eigenvalue weighted by Crippen LogP contribution is -2.58. The zero-order valence-electron chi connectivity index (χ0n) is 26.0. The highest BCUT2D eigenvalue weighted by molar-refractivity contribution is 6.35. The molecule has 3 aliphatic carbocycles. The fraction of sp³-hybridized carbons (Fsp3) is 0.342. The monoisotopic (exact) mass is 586 g/mol. The number of carbonyl (C=O) groups is 2. The summed E-state index contributed by atoms with van der Waals surface area (Å²) in [4.78, 5) is 33.8. The highest BCUT2D eigenvalue weighted by Gasteiger charge is 2.46. The average molecular weight is 587 g/mol. The minimum absolute atomic E-state index is 0.104. The van der Waals surface area contributed by atoms with E-state index in [9.17, 15) is 9.59 Å². The number of carbonyl (C=O) groups excluding carboxylic acids is 2. The summed E-state index contributed by atoms with van der Waals surface area (Å²) >= 11 is 0. The van der Waals surface area contributed by atoms with Gasteiger partial charge in [-0.05, 0) is 97.4 Å². The Balaban J connectivity index is 0.000000261. The van der Waals surface area contributed by atoms with E-state index in [4.69, 9.17) is 5.73 Å². The molecule has 2 unspecified atom stereocenters. The quantitative estimate of drug-likeness (QED) is 0.403. The number of nitrogens with zero attached hydrogens (tertiary/aromatic N) is 2. The summed E-state index contributed by atoms with van der Waals surface area (Å²) in [5.41, 5.74) is 9.64. The van der Waals surface area contributed by atoms with Gasteiger partial charge in [0, 0.05) is 29.5 Å². The van der Waals surface area contributed by atoms with Crippen molar-refractivity contribution in [2.45, 2.75) is 56.9 Å². The minimum Gasteiger partial charge on any atom is -0.360 e. The van der Waals surface area contributed by atoms with Crippen LogP contribution >= 0.6 is 0 Å². The van der Waals surface area contributed by atoms with Gasteiger partial charge in [0.1, 0.15) is 5.54 Å². The Morgan fingerprint density at radius 1 is 0.909 bits per heavy atom. The van der Waals surface area contributed by atoms with Crippen molar-refractivity contribution in [1.29, 1.82) is 0 Å². The summed E-state index contributed by atoms with van der Waals surface area (Å²) in [6.45, 7) is 2.54. The number of hydrogen-bond acceptors (Lipinski definition) is 6. The van der Waals surface area contributed by atoms with Crippen LogP contribution in [0.5, 0.6) is 0 Å². The number of nitrogens with two attached hydrogens (primary N) is 1. The maximum absolute atomic E-state index is 13.9. The highest BCUT2D eigenvalue weighted by atomic mass is 16.2. The van der Waals surface area contributed by atoms with Gasteiger partial charge in [0.2, 0.25) is 0 Å². The van der Waals surface area contributed by atoms with E-state index in [1.54, 1.807) is 13.1 Å². The number of benzene rings is 3. The molecule has 0 saturated heterocycles. The third kappa shape index (κ3) is 5.60. The van der Waals surface area contributed by atoms with Gasteiger partial charge < -0.3 is 16.0 Å². The number of nitrogens with one attached hydrogen (secondary N) is 1. The number of hydrogen-bond donors (Lipinski definition) is 2.